The second kappa shape index (κ2) is 4.88. The predicted molar refractivity (Wildman–Crippen MR) is 44.5 cm³/mol. The van der Waals surface area contributed by atoms with Crippen molar-refractivity contribution in [3.63, 3.8) is 0 Å². The number of allylic oxidation sites excluding steroid dienone is 4. The van der Waals surface area contributed by atoms with E-state index in [4.69, 9.17) is 0 Å². The second-order valence-corrected chi connectivity index (χ2v) is 2.35. The zero-order valence-corrected chi connectivity index (χ0v) is 6.14. The van der Waals surface area contributed by atoms with E-state index in [-0.39, 0.29) is 0 Å². The Morgan fingerprint density at radius 1 is 1.10 bits per heavy atom. The lowest BCUT2D eigenvalue weighted by Crippen LogP contribution is -1.73. The van der Waals surface area contributed by atoms with Crippen molar-refractivity contribution in [3.8, 4) is 11.8 Å². The Kier molecular flexibility index (Phi) is 3.49. The van der Waals surface area contributed by atoms with Crippen LogP contribution in [0.2, 0.25) is 0 Å². The lowest BCUT2D eigenvalue weighted by molar-refractivity contribution is 0.772. The van der Waals surface area contributed by atoms with Crippen molar-refractivity contribution in [1.82, 2.24) is 0 Å². The van der Waals surface area contributed by atoms with Gasteiger partial charge in [0.25, 0.3) is 0 Å². The summed E-state index contributed by atoms with van der Waals surface area (Å²) < 4.78 is 0. The van der Waals surface area contributed by atoms with Crippen LogP contribution in [-0.4, -0.2) is 0 Å². The van der Waals surface area contributed by atoms with Crippen LogP contribution in [-0.2, 0) is 0 Å². The van der Waals surface area contributed by atoms with E-state index in [0.717, 1.165) is 6.42 Å². The Morgan fingerprint density at radius 3 is 3.10 bits per heavy atom. The molecule has 0 unspecified atom stereocenters. The normalized spacial score (nSPS) is 24.0. The minimum absolute atomic E-state index is 1.05. The van der Waals surface area contributed by atoms with Gasteiger partial charge in [0.15, 0.2) is 0 Å². The molecule has 0 saturated carbocycles. The molecule has 1 aliphatic carbocycles. The highest BCUT2D eigenvalue weighted by Gasteiger charge is 1.82. The van der Waals surface area contributed by atoms with Gasteiger partial charge in [-0.2, -0.15) is 0 Å². The molecule has 0 bridgehead atoms. The average molecular weight is 132 g/mol. The molecule has 0 radical (unpaired) electrons. The van der Waals surface area contributed by atoms with Gasteiger partial charge in [0.1, 0.15) is 0 Å². The summed E-state index contributed by atoms with van der Waals surface area (Å²) >= 11 is 0. The molecule has 0 heteroatoms. The lowest BCUT2D eigenvalue weighted by Gasteiger charge is -1.90. The van der Waals surface area contributed by atoms with Crippen LogP contribution in [0.5, 0.6) is 0 Å². The van der Waals surface area contributed by atoms with Crippen LogP contribution in [0.15, 0.2) is 24.3 Å². The molecule has 0 heterocycles. The van der Waals surface area contributed by atoms with Crippen molar-refractivity contribution in [2.45, 2.75) is 25.7 Å². The van der Waals surface area contributed by atoms with Crippen LogP contribution in [0.25, 0.3) is 0 Å². The quantitative estimate of drug-likeness (QED) is 0.444. The summed E-state index contributed by atoms with van der Waals surface area (Å²) in [6.07, 6.45) is 12.9. The molecule has 0 aromatic carbocycles. The first kappa shape index (κ1) is 7.15. The molecular formula is C10H12. The van der Waals surface area contributed by atoms with Gasteiger partial charge in [-0.1, -0.05) is 30.1 Å². The summed E-state index contributed by atoms with van der Waals surface area (Å²) in [6, 6.07) is 0. The third-order valence-corrected chi connectivity index (χ3v) is 1.45. The maximum absolute atomic E-state index is 3.08. The summed E-state index contributed by atoms with van der Waals surface area (Å²) in [4.78, 5) is 0. The van der Waals surface area contributed by atoms with Gasteiger partial charge in [0.05, 0.1) is 0 Å². The molecule has 0 saturated heterocycles. The van der Waals surface area contributed by atoms with E-state index in [0.29, 0.717) is 0 Å². The first-order chi connectivity index (χ1) is 5.00. The molecule has 1 rings (SSSR count). The van der Waals surface area contributed by atoms with Crippen molar-refractivity contribution in [1.29, 1.82) is 0 Å². The van der Waals surface area contributed by atoms with E-state index in [1.54, 1.807) is 0 Å². The molecule has 0 amide bonds. The van der Waals surface area contributed by atoms with E-state index in [2.05, 4.69) is 24.0 Å². The van der Waals surface area contributed by atoms with Crippen molar-refractivity contribution in [2.24, 2.45) is 0 Å². The topological polar surface area (TPSA) is 0 Å². The molecule has 0 aliphatic heterocycles. The van der Waals surface area contributed by atoms with Crippen molar-refractivity contribution in [2.75, 3.05) is 0 Å². The van der Waals surface area contributed by atoms with Gasteiger partial charge < -0.3 is 0 Å². The van der Waals surface area contributed by atoms with Gasteiger partial charge in [0.2, 0.25) is 0 Å². The second-order valence-electron chi connectivity index (χ2n) is 2.35. The van der Waals surface area contributed by atoms with Crippen LogP contribution < -0.4 is 0 Å². The van der Waals surface area contributed by atoms with Crippen molar-refractivity contribution in [3.05, 3.63) is 24.3 Å². The van der Waals surface area contributed by atoms with Gasteiger partial charge in [-0.05, 0) is 25.3 Å². The summed E-state index contributed by atoms with van der Waals surface area (Å²) in [7, 11) is 0. The number of rotatable bonds is 0. The van der Waals surface area contributed by atoms with Gasteiger partial charge in [0, 0.05) is 6.42 Å². The monoisotopic (exact) mass is 132 g/mol. The smallest absolute Gasteiger partial charge is 0.00923 e. The van der Waals surface area contributed by atoms with Crippen LogP contribution in [0, 0.1) is 11.8 Å². The van der Waals surface area contributed by atoms with E-state index >= 15 is 0 Å². The lowest BCUT2D eigenvalue weighted by atomic mass is 10.2. The molecule has 10 heavy (non-hydrogen) atoms. The van der Waals surface area contributed by atoms with Crippen LogP contribution >= 0.6 is 0 Å². The Labute approximate surface area is 62.6 Å². The Balaban J connectivity index is 2.45. The zero-order valence-electron chi connectivity index (χ0n) is 6.14. The SMILES string of the molecule is C1#CCCCC/C=C/C=C\1. The number of hydrogen-bond donors (Lipinski definition) is 0. The summed E-state index contributed by atoms with van der Waals surface area (Å²) in [6.45, 7) is 0. The fourth-order valence-corrected chi connectivity index (χ4v) is 0.885. The standard InChI is InChI=1S/C10H12/c1-2-4-6-8-10-9-7-5-3-1/h1-4H,5,7,9-10H2/b3-1+,4-2-. The van der Waals surface area contributed by atoms with Crippen molar-refractivity contribution < 1.29 is 0 Å². The highest BCUT2D eigenvalue weighted by atomic mass is 13.9. The average Bonchev–Trinajstić information content (AvgIpc) is 2.01. The fraction of sp³-hybridized carbons (Fsp3) is 0.400. The highest BCUT2D eigenvalue weighted by Crippen LogP contribution is 2.00. The highest BCUT2D eigenvalue weighted by molar-refractivity contribution is 5.19. The van der Waals surface area contributed by atoms with E-state index < -0.39 is 0 Å². The zero-order chi connectivity index (χ0) is 7.07. The molecule has 0 spiro atoms. The minimum atomic E-state index is 1.05. The Morgan fingerprint density at radius 2 is 2.10 bits per heavy atom. The number of hydrogen-bond acceptors (Lipinski definition) is 0. The van der Waals surface area contributed by atoms with Crippen LogP contribution in [0.3, 0.4) is 0 Å². The molecular weight excluding hydrogens is 120 g/mol. The third kappa shape index (κ3) is 3.14. The van der Waals surface area contributed by atoms with Crippen LogP contribution in [0.4, 0.5) is 0 Å². The predicted octanol–water partition coefficient (Wildman–Crippen LogP) is 2.68. The van der Waals surface area contributed by atoms with Crippen molar-refractivity contribution >= 4 is 0 Å². The van der Waals surface area contributed by atoms with Gasteiger partial charge in [-0.25, -0.2) is 0 Å². The molecule has 0 nitrogen and oxygen atoms in total. The van der Waals surface area contributed by atoms with E-state index in [1.807, 2.05) is 12.2 Å². The summed E-state index contributed by atoms with van der Waals surface area (Å²) in [5.41, 5.74) is 0. The maximum atomic E-state index is 3.08. The third-order valence-electron chi connectivity index (χ3n) is 1.45. The Bertz CT molecular complexity index is 186. The molecule has 1 aliphatic rings. The first-order valence-corrected chi connectivity index (χ1v) is 3.80. The molecule has 52 valence electrons. The molecule has 0 fully saturated rings. The minimum Gasteiger partial charge on any atom is -0.0985 e. The molecule has 0 aromatic rings. The van der Waals surface area contributed by atoms with E-state index in [1.165, 1.54) is 19.3 Å². The maximum Gasteiger partial charge on any atom is 0.00923 e. The van der Waals surface area contributed by atoms with Gasteiger partial charge >= 0.3 is 0 Å². The molecule has 0 atom stereocenters. The largest absolute Gasteiger partial charge is 0.0985 e. The summed E-state index contributed by atoms with van der Waals surface area (Å²) in [5, 5.41) is 0. The van der Waals surface area contributed by atoms with Gasteiger partial charge in [-0.15, -0.1) is 0 Å². The fourth-order valence-electron chi connectivity index (χ4n) is 0.885. The molecule has 0 aromatic heterocycles. The summed E-state index contributed by atoms with van der Waals surface area (Å²) in [5.74, 6) is 6.06. The van der Waals surface area contributed by atoms with E-state index in [9.17, 15) is 0 Å². The van der Waals surface area contributed by atoms with Gasteiger partial charge in [-0.3, -0.25) is 0 Å². The van der Waals surface area contributed by atoms with Crippen LogP contribution in [0.1, 0.15) is 25.7 Å². The Hall–Kier alpha value is -0.960. The first-order valence-electron chi connectivity index (χ1n) is 3.80. The molecule has 0 N–H and O–H groups in total.